The molecule has 1 fully saturated rings. The van der Waals surface area contributed by atoms with E-state index in [2.05, 4.69) is 20.4 Å². The summed E-state index contributed by atoms with van der Waals surface area (Å²) < 4.78 is 40.8. The maximum Gasteiger partial charge on any atom is 0.407 e. The van der Waals surface area contributed by atoms with E-state index < -0.39 is 17.2 Å². The van der Waals surface area contributed by atoms with Crippen molar-refractivity contribution in [3.05, 3.63) is 54.8 Å². The molecule has 0 atom stereocenters. The molecule has 0 bridgehead atoms. The predicted octanol–water partition coefficient (Wildman–Crippen LogP) is 5.07. The Morgan fingerprint density at radius 1 is 1.14 bits per heavy atom. The van der Waals surface area contributed by atoms with Crippen molar-refractivity contribution >= 4 is 6.09 Å². The van der Waals surface area contributed by atoms with Gasteiger partial charge in [-0.1, -0.05) is 6.07 Å². The first-order valence-electron chi connectivity index (χ1n) is 11.6. The zero-order valence-corrected chi connectivity index (χ0v) is 20.0. The predicted molar refractivity (Wildman–Crippen MR) is 125 cm³/mol. The number of amides is 1. The Labute approximate surface area is 202 Å². The summed E-state index contributed by atoms with van der Waals surface area (Å²) in [6.45, 7) is 5.98. The van der Waals surface area contributed by atoms with Gasteiger partial charge in [-0.05, 0) is 64.5 Å². The van der Waals surface area contributed by atoms with Gasteiger partial charge >= 0.3 is 6.09 Å². The number of hydrogen-bond acceptors (Lipinski definition) is 6. The van der Waals surface area contributed by atoms with Crippen molar-refractivity contribution in [3.63, 3.8) is 0 Å². The lowest BCUT2D eigenvalue weighted by molar-refractivity contribution is 0.0483. The average Bonchev–Trinajstić information content (AvgIpc) is 3.27. The van der Waals surface area contributed by atoms with E-state index in [1.165, 1.54) is 36.9 Å². The molecule has 3 aromatic rings. The Morgan fingerprint density at radius 3 is 2.54 bits per heavy atom. The van der Waals surface area contributed by atoms with Gasteiger partial charge in [0.1, 0.15) is 23.3 Å². The monoisotopic (exact) mass is 485 g/mol. The highest BCUT2D eigenvalue weighted by Crippen LogP contribution is 2.30. The Morgan fingerprint density at radius 2 is 1.86 bits per heavy atom. The van der Waals surface area contributed by atoms with Gasteiger partial charge in [-0.25, -0.2) is 28.2 Å². The summed E-state index contributed by atoms with van der Waals surface area (Å²) in [5.41, 5.74) is 0.260. The molecule has 186 valence electrons. The number of alkyl carbamates (subject to hydrolysis) is 1. The number of ether oxygens (including phenoxy) is 2. The maximum atomic E-state index is 14.1. The average molecular weight is 486 g/mol. The minimum absolute atomic E-state index is 0.0846. The number of nitrogens with zero attached hydrogens (tertiary/aromatic N) is 4. The fourth-order valence-electron chi connectivity index (χ4n) is 4.07. The first-order valence-corrected chi connectivity index (χ1v) is 11.6. The van der Waals surface area contributed by atoms with Gasteiger partial charge < -0.3 is 14.8 Å². The molecule has 0 saturated heterocycles. The number of carbonyl (C=O) groups excluding carboxylic acids is 1. The highest BCUT2D eigenvalue weighted by molar-refractivity contribution is 5.68. The normalized spacial score (nSPS) is 18.2. The summed E-state index contributed by atoms with van der Waals surface area (Å²) in [4.78, 5) is 20.4. The van der Waals surface area contributed by atoms with Crippen molar-refractivity contribution in [1.29, 1.82) is 0 Å². The highest BCUT2D eigenvalue weighted by Gasteiger charge is 2.25. The Balaban J connectivity index is 1.36. The van der Waals surface area contributed by atoms with Crippen molar-refractivity contribution in [3.8, 4) is 22.7 Å². The number of halogens is 2. The fourth-order valence-corrected chi connectivity index (χ4v) is 4.07. The summed E-state index contributed by atoms with van der Waals surface area (Å²) >= 11 is 0. The van der Waals surface area contributed by atoms with E-state index in [-0.39, 0.29) is 17.8 Å². The first-order chi connectivity index (χ1) is 16.7. The van der Waals surface area contributed by atoms with Crippen LogP contribution in [0.15, 0.2) is 43.1 Å². The number of carbonyl (C=O) groups is 1. The Kier molecular flexibility index (Phi) is 7.28. The maximum absolute atomic E-state index is 14.1. The molecule has 8 nitrogen and oxygen atoms in total. The fraction of sp³-hybridized carbons (Fsp3) is 0.440. The summed E-state index contributed by atoms with van der Waals surface area (Å²) in [6, 6.07) is 3.74. The van der Waals surface area contributed by atoms with Crippen LogP contribution in [0.25, 0.3) is 16.9 Å². The number of para-hydroxylation sites is 1. The number of benzene rings is 1. The van der Waals surface area contributed by atoms with E-state index in [4.69, 9.17) is 9.47 Å². The lowest BCUT2D eigenvalue weighted by atomic mass is 9.86. The van der Waals surface area contributed by atoms with Crippen LogP contribution in [0.4, 0.5) is 13.6 Å². The van der Waals surface area contributed by atoms with Gasteiger partial charge in [0.15, 0.2) is 17.4 Å². The summed E-state index contributed by atoms with van der Waals surface area (Å²) in [5.74, 6) is -0.642. The molecule has 1 aromatic carbocycles. The van der Waals surface area contributed by atoms with Crippen LogP contribution < -0.4 is 10.1 Å². The smallest absolute Gasteiger partial charge is 0.407 e. The van der Waals surface area contributed by atoms with E-state index in [0.29, 0.717) is 29.5 Å². The van der Waals surface area contributed by atoms with Crippen LogP contribution in [-0.4, -0.2) is 44.1 Å². The van der Waals surface area contributed by atoms with E-state index in [0.717, 1.165) is 30.4 Å². The van der Waals surface area contributed by atoms with Crippen LogP contribution in [0.1, 0.15) is 46.5 Å². The zero-order chi connectivity index (χ0) is 25.0. The third-order valence-corrected chi connectivity index (χ3v) is 5.74. The van der Waals surface area contributed by atoms with Crippen LogP contribution in [0.5, 0.6) is 5.75 Å². The second kappa shape index (κ2) is 10.4. The molecule has 35 heavy (non-hydrogen) atoms. The van der Waals surface area contributed by atoms with Crippen LogP contribution in [-0.2, 0) is 4.74 Å². The Hall–Kier alpha value is -3.56. The quantitative estimate of drug-likeness (QED) is 0.524. The lowest BCUT2D eigenvalue weighted by Gasteiger charge is -2.30. The molecule has 2 aromatic heterocycles. The van der Waals surface area contributed by atoms with Gasteiger partial charge in [0.05, 0.1) is 19.0 Å². The molecule has 0 radical (unpaired) electrons. The largest absolute Gasteiger partial charge is 0.489 e. The molecule has 0 aliphatic heterocycles. The molecular weight excluding hydrogens is 456 g/mol. The third kappa shape index (κ3) is 6.32. The van der Waals surface area contributed by atoms with E-state index in [9.17, 15) is 13.6 Å². The van der Waals surface area contributed by atoms with Gasteiger partial charge in [0, 0.05) is 17.8 Å². The van der Waals surface area contributed by atoms with Crippen LogP contribution >= 0.6 is 0 Å². The molecule has 1 amide bonds. The van der Waals surface area contributed by atoms with Crippen LogP contribution in [0.3, 0.4) is 0 Å². The van der Waals surface area contributed by atoms with Gasteiger partial charge in [-0.15, -0.1) is 0 Å². The van der Waals surface area contributed by atoms with Gasteiger partial charge in [0.2, 0.25) is 0 Å². The minimum Gasteiger partial charge on any atom is -0.489 e. The van der Waals surface area contributed by atoms with Crippen molar-refractivity contribution in [2.75, 3.05) is 6.61 Å². The van der Waals surface area contributed by atoms with Crippen molar-refractivity contribution in [1.82, 2.24) is 25.1 Å². The second-order valence-corrected chi connectivity index (χ2v) is 9.65. The molecule has 1 N–H and O–H groups in total. The van der Waals surface area contributed by atoms with E-state index in [1.54, 1.807) is 6.20 Å². The molecule has 4 rings (SSSR count). The van der Waals surface area contributed by atoms with Crippen molar-refractivity contribution in [2.45, 2.75) is 58.1 Å². The molecule has 0 unspecified atom stereocenters. The standard InChI is InChI=1S/C25H29F2N5O3/c1-25(2,3)35-24(33)31-18-9-7-16(8-10-18)14-34-21-12-28-15-29-22(21)17-11-30-32(13-17)23-19(26)5-4-6-20(23)27/h4-6,11-13,15-16,18H,7-10,14H2,1-3H3,(H,31,33)/t16-,18+. The number of rotatable bonds is 6. The SMILES string of the molecule is CC(C)(C)OC(=O)N[C@H]1CC[C@@H](COc2cncnc2-c2cnn(-c3c(F)cccc3F)c2)CC1. The number of nitrogens with one attached hydrogen (secondary N) is 1. The minimum atomic E-state index is -0.712. The second-order valence-electron chi connectivity index (χ2n) is 9.65. The van der Waals surface area contributed by atoms with Gasteiger partial charge in [-0.2, -0.15) is 5.10 Å². The zero-order valence-electron chi connectivity index (χ0n) is 20.0. The number of hydrogen-bond donors (Lipinski definition) is 1. The van der Waals surface area contributed by atoms with Crippen LogP contribution in [0, 0.1) is 17.6 Å². The third-order valence-electron chi connectivity index (χ3n) is 5.74. The lowest BCUT2D eigenvalue weighted by Crippen LogP contribution is -2.41. The van der Waals surface area contributed by atoms with E-state index in [1.807, 2.05) is 20.8 Å². The Bertz CT molecular complexity index is 1150. The van der Waals surface area contributed by atoms with Gasteiger partial charge in [0.25, 0.3) is 0 Å². The van der Waals surface area contributed by atoms with E-state index >= 15 is 0 Å². The highest BCUT2D eigenvalue weighted by atomic mass is 19.1. The van der Waals surface area contributed by atoms with Crippen molar-refractivity contribution in [2.24, 2.45) is 5.92 Å². The molecule has 2 heterocycles. The molecule has 1 aliphatic carbocycles. The molecule has 0 spiro atoms. The van der Waals surface area contributed by atoms with Crippen molar-refractivity contribution < 1.29 is 23.0 Å². The summed E-state index contributed by atoms with van der Waals surface area (Å²) in [6.07, 6.45) is 9.02. The molecule has 1 aliphatic rings. The van der Waals surface area contributed by atoms with Crippen LogP contribution in [0.2, 0.25) is 0 Å². The molecule has 1 saturated carbocycles. The van der Waals surface area contributed by atoms with Gasteiger partial charge in [-0.3, -0.25) is 0 Å². The summed E-state index contributed by atoms with van der Waals surface area (Å²) in [7, 11) is 0. The number of aromatic nitrogens is 4. The topological polar surface area (TPSA) is 91.2 Å². The molecular formula is C25H29F2N5O3. The molecule has 10 heteroatoms. The first kappa shape index (κ1) is 24.6. The summed E-state index contributed by atoms with van der Waals surface area (Å²) in [5, 5.41) is 7.04.